The van der Waals surface area contributed by atoms with Crippen molar-refractivity contribution in [1.82, 2.24) is 9.97 Å². The third-order valence-corrected chi connectivity index (χ3v) is 11.1. The van der Waals surface area contributed by atoms with Gasteiger partial charge in [0.25, 0.3) is 0 Å². The molecule has 0 unspecified atom stereocenters. The third kappa shape index (κ3) is 6.13. The van der Waals surface area contributed by atoms with Crippen LogP contribution in [0.25, 0.3) is 98.6 Å². The monoisotopic (exact) mass is 736 g/mol. The molecular formula is C54H32N4. The lowest BCUT2D eigenvalue weighted by Gasteiger charge is -2.12. The van der Waals surface area contributed by atoms with E-state index in [-0.39, 0.29) is 0 Å². The number of pyridine rings is 2. The highest BCUT2D eigenvalue weighted by molar-refractivity contribution is 6.26. The summed E-state index contributed by atoms with van der Waals surface area (Å²) in [5, 5.41) is 30.0. The van der Waals surface area contributed by atoms with Gasteiger partial charge in [0.1, 0.15) is 0 Å². The Hall–Kier alpha value is -8.18. The van der Waals surface area contributed by atoms with Crippen molar-refractivity contribution in [3.8, 4) is 56.9 Å². The van der Waals surface area contributed by atoms with Gasteiger partial charge in [-0.3, -0.25) is 9.97 Å². The minimum absolute atomic E-state index is 0.638. The summed E-state index contributed by atoms with van der Waals surface area (Å²) < 4.78 is 0. The fourth-order valence-electron chi connectivity index (χ4n) is 8.13. The molecular weight excluding hydrogens is 705 g/mol. The molecule has 0 saturated heterocycles. The zero-order chi connectivity index (χ0) is 39.0. The molecule has 0 aliphatic carbocycles. The van der Waals surface area contributed by atoms with E-state index in [1.807, 2.05) is 60.9 Å². The first-order valence-electron chi connectivity index (χ1n) is 19.2. The average Bonchev–Trinajstić information content (AvgIpc) is 3.31. The summed E-state index contributed by atoms with van der Waals surface area (Å²) in [4.78, 5) is 9.87. The standard InChI is InChI=1S/C54H32N4/c55-31-35-13-17-37(18-14-35)41-23-27-53(57-33-41)39-21-25-49-45-9-1-2-10-46(45)50-26-22-40(54-28-24-42(34-58-54)38-19-15-36(32-56)16-20-38)30-52(50)48-12-6-4-8-44(48)43-7-3-5-11-47(43)51(49)29-39/h1-30,33-34H. The van der Waals surface area contributed by atoms with Crippen LogP contribution in [0.4, 0.5) is 0 Å². The second-order valence-electron chi connectivity index (χ2n) is 14.4. The molecule has 0 N–H and O–H groups in total. The van der Waals surface area contributed by atoms with Crippen LogP contribution in [-0.4, -0.2) is 9.97 Å². The molecule has 2 heterocycles. The molecule has 0 fully saturated rings. The van der Waals surface area contributed by atoms with Gasteiger partial charge >= 0.3 is 0 Å². The lowest BCUT2D eigenvalue weighted by Crippen LogP contribution is -1.88. The van der Waals surface area contributed by atoms with Crippen molar-refractivity contribution >= 4 is 53.9 Å². The molecule has 268 valence electrons. The number of fused-ring (bicyclic) bond motifs is 10. The van der Waals surface area contributed by atoms with Gasteiger partial charge in [-0.2, -0.15) is 10.5 Å². The topological polar surface area (TPSA) is 73.4 Å². The van der Waals surface area contributed by atoms with Gasteiger partial charge in [-0.15, -0.1) is 0 Å². The van der Waals surface area contributed by atoms with Crippen LogP contribution < -0.4 is 0 Å². The van der Waals surface area contributed by atoms with Crippen molar-refractivity contribution in [2.45, 2.75) is 0 Å². The van der Waals surface area contributed by atoms with E-state index in [1.54, 1.807) is 0 Å². The smallest absolute Gasteiger partial charge is 0.0991 e. The Balaban J connectivity index is 1.20. The van der Waals surface area contributed by atoms with E-state index in [0.29, 0.717) is 11.1 Å². The SMILES string of the molecule is N#Cc1ccc(-c2ccc(-c3ccc4c5ccccc5c5ccc(-c6ccc(-c7ccc(C#N)cc7)cn6)cc5c5ccccc5c5ccccc5c4c3)nc2)cc1. The van der Waals surface area contributed by atoms with Gasteiger partial charge in [-0.05, 0) is 114 Å². The second kappa shape index (κ2) is 14.5. The quantitative estimate of drug-likeness (QED) is 0.180. The van der Waals surface area contributed by atoms with Crippen LogP contribution >= 0.6 is 0 Å². The van der Waals surface area contributed by atoms with Gasteiger partial charge < -0.3 is 0 Å². The molecule has 10 rings (SSSR count). The second-order valence-corrected chi connectivity index (χ2v) is 14.4. The number of nitriles is 2. The van der Waals surface area contributed by atoms with E-state index in [1.165, 1.54) is 0 Å². The molecule has 4 heteroatoms. The van der Waals surface area contributed by atoms with Crippen LogP contribution in [0.15, 0.2) is 194 Å². The zero-order valence-electron chi connectivity index (χ0n) is 31.3. The Morgan fingerprint density at radius 3 is 0.879 bits per heavy atom. The number of nitrogens with zero attached hydrogens (tertiary/aromatic N) is 4. The van der Waals surface area contributed by atoms with Crippen molar-refractivity contribution in [1.29, 1.82) is 10.5 Å². The van der Waals surface area contributed by atoms with E-state index in [4.69, 9.17) is 9.97 Å². The molecule has 0 aliphatic rings. The molecule has 0 amide bonds. The first-order chi connectivity index (χ1) is 28.6. The summed E-state index contributed by atoms with van der Waals surface area (Å²) in [6, 6.07) is 67.5. The lowest BCUT2D eigenvalue weighted by atomic mass is 9.92. The lowest BCUT2D eigenvalue weighted by molar-refractivity contribution is 1.33. The van der Waals surface area contributed by atoms with Crippen LogP contribution in [0.2, 0.25) is 0 Å². The minimum Gasteiger partial charge on any atom is -0.256 e. The van der Waals surface area contributed by atoms with Crippen LogP contribution in [0.5, 0.6) is 0 Å². The highest BCUT2D eigenvalue weighted by Crippen LogP contribution is 2.38. The highest BCUT2D eigenvalue weighted by Gasteiger charge is 2.12. The predicted octanol–water partition coefficient (Wildman–Crippen LogP) is 13.8. The molecule has 0 radical (unpaired) electrons. The van der Waals surface area contributed by atoms with E-state index in [0.717, 1.165) is 98.6 Å². The van der Waals surface area contributed by atoms with Crippen molar-refractivity contribution in [3.63, 3.8) is 0 Å². The first-order valence-corrected chi connectivity index (χ1v) is 19.2. The van der Waals surface area contributed by atoms with Crippen molar-refractivity contribution in [3.05, 3.63) is 206 Å². The predicted molar refractivity (Wildman–Crippen MR) is 238 cm³/mol. The number of hydrogen-bond donors (Lipinski definition) is 0. The molecule has 0 spiro atoms. The highest BCUT2D eigenvalue weighted by atomic mass is 14.7. The van der Waals surface area contributed by atoms with Gasteiger partial charge in [-0.25, -0.2) is 0 Å². The summed E-state index contributed by atoms with van der Waals surface area (Å²) in [6.07, 6.45) is 3.82. The van der Waals surface area contributed by atoms with Crippen molar-refractivity contribution in [2.24, 2.45) is 0 Å². The molecule has 0 atom stereocenters. The van der Waals surface area contributed by atoms with Crippen molar-refractivity contribution < 1.29 is 0 Å². The number of rotatable bonds is 4. The van der Waals surface area contributed by atoms with Crippen LogP contribution in [0.3, 0.4) is 0 Å². The zero-order valence-corrected chi connectivity index (χ0v) is 31.3. The van der Waals surface area contributed by atoms with Gasteiger partial charge in [0, 0.05) is 34.6 Å². The van der Waals surface area contributed by atoms with E-state index in [9.17, 15) is 10.5 Å². The Morgan fingerprint density at radius 1 is 0.276 bits per heavy atom. The van der Waals surface area contributed by atoms with E-state index >= 15 is 0 Å². The molecule has 2 aromatic heterocycles. The Labute approximate surface area is 335 Å². The van der Waals surface area contributed by atoms with E-state index < -0.39 is 0 Å². The molecule has 8 aromatic carbocycles. The molecule has 4 nitrogen and oxygen atoms in total. The first kappa shape index (κ1) is 34.3. The number of benzene rings is 7. The number of aromatic nitrogens is 2. The molecule has 0 saturated carbocycles. The molecule has 0 bridgehead atoms. The van der Waals surface area contributed by atoms with Crippen LogP contribution in [0, 0.1) is 22.7 Å². The summed E-state index contributed by atoms with van der Waals surface area (Å²) in [5.41, 5.74) is 9.17. The van der Waals surface area contributed by atoms with E-state index in [2.05, 4.69) is 146 Å². The van der Waals surface area contributed by atoms with Gasteiger partial charge in [0.05, 0.1) is 34.7 Å². The maximum atomic E-state index is 9.24. The van der Waals surface area contributed by atoms with Gasteiger partial charge in [0.2, 0.25) is 0 Å². The minimum atomic E-state index is 0.638. The number of hydrogen-bond acceptors (Lipinski definition) is 4. The Bertz CT molecular complexity index is 3080. The fourth-order valence-corrected chi connectivity index (χ4v) is 8.13. The Morgan fingerprint density at radius 2 is 0.569 bits per heavy atom. The largest absolute Gasteiger partial charge is 0.256 e. The fraction of sp³-hybridized carbons (Fsp3) is 0. The van der Waals surface area contributed by atoms with Crippen LogP contribution in [-0.2, 0) is 0 Å². The summed E-state index contributed by atoms with van der Waals surface area (Å²) in [6.45, 7) is 0. The summed E-state index contributed by atoms with van der Waals surface area (Å²) in [5.74, 6) is 0. The van der Waals surface area contributed by atoms with Gasteiger partial charge in [-0.1, -0.05) is 133 Å². The summed E-state index contributed by atoms with van der Waals surface area (Å²) >= 11 is 0. The average molecular weight is 737 g/mol. The summed E-state index contributed by atoms with van der Waals surface area (Å²) in [7, 11) is 0. The molecule has 58 heavy (non-hydrogen) atoms. The van der Waals surface area contributed by atoms with Crippen LogP contribution in [0.1, 0.15) is 11.1 Å². The normalized spacial score (nSPS) is 11.1. The molecule has 10 aromatic rings. The molecule has 0 aliphatic heterocycles. The maximum absolute atomic E-state index is 9.24. The van der Waals surface area contributed by atoms with Crippen molar-refractivity contribution in [2.75, 3.05) is 0 Å². The Kier molecular flexibility index (Phi) is 8.57. The third-order valence-electron chi connectivity index (χ3n) is 11.1. The van der Waals surface area contributed by atoms with Gasteiger partial charge in [0.15, 0.2) is 0 Å². The maximum Gasteiger partial charge on any atom is 0.0991 e.